The predicted molar refractivity (Wildman–Crippen MR) is 81.6 cm³/mol. The van der Waals surface area contributed by atoms with Crippen molar-refractivity contribution in [3.8, 4) is 0 Å². The van der Waals surface area contributed by atoms with Gasteiger partial charge in [0.05, 0.1) is 11.1 Å². The largest absolute Gasteiger partial charge is 0.366 e. The maximum absolute atomic E-state index is 12.6. The molecule has 2 N–H and O–H groups in total. The molecule has 1 fully saturated rings. The molecule has 1 heterocycles. The summed E-state index contributed by atoms with van der Waals surface area (Å²) in [5, 5.41) is 0. The number of likely N-dealkylation sites (tertiary alicyclic amines) is 1. The minimum Gasteiger partial charge on any atom is -0.366 e. The number of piperidine rings is 1. The molecule has 1 aliphatic rings. The van der Waals surface area contributed by atoms with Gasteiger partial charge in [0.2, 0.25) is 5.91 Å². The first-order valence-electron chi connectivity index (χ1n) is 6.91. The van der Waals surface area contributed by atoms with Gasteiger partial charge in [-0.3, -0.25) is 9.59 Å². The van der Waals surface area contributed by atoms with Crippen LogP contribution in [0, 0.1) is 5.92 Å². The number of carbonyl (C=O) groups excluding carboxylic acids is 2. The molecule has 2 rings (SSSR count). The van der Waals surface area contributed by atoms with Crippen molar-refractivity contribution >= 4 is 27.7 Å². The third kappa shape index (κ3) is 3.20. The number of rotatable bonds is 3. The smallest absolute Gasteiger partial charge is 0.254 e. The Kier molecular flexibility index (Phi) is 4.81. The van der Waals surface area contributed by atoms with Crippen LogP contribution in [0.5, 0.6) is 0 Å². The van der Waals surface area contributed by atoms with Gasteiger partial charge in [-0.2, -0.15) is 0 Å². The molecular weight excluding hydrogens is 320 g/mol. The second-order valence-corrected chi connectivity index (χ2v) is 6.14. The van der Waals surface area contributed by atoms with E-state index in [1.807, 2.05) is 4.90 Å². The number of hydrogen-bond donors (Lipinski definition) is 1. The SMILES string of the molecule is CCC1CCCN(C(=O)c2cc(Br)ccc2C(N)=O)C1. The van der Waals surface area contributed by atoms with Gasteiger partial charge in [0, 0.05) is 17.6 Å². The number of primary amides is 1. The van der Waals surface area contributed by atoms with Gasteiger partial charge in [-0.25, -0.2) is 0 Å². The third-order valence-electron chi connectivity index (χ3n) is 3.86. The van der Waals surface area contributed by atoms with Crippen molar-refractivity contribution < 1.29 is 9.59 Å². The van der Waals surface area contributed by atoms with E-state index in [1.54, 1.807) is 18.2 Å². The summed E-state index contributed by atoms with van der Waals surface area (Å²) in [6, 6.07) is 5.00. The summed E-state index contributed by atoms with van der Waals surface area (Å²) >= 11 is 3.34. The lowest BCUT2D eigenvalue weighted by Crippen LogP contribution is -2.40. The summed E-state index contributed by atoms with van der Waals surface area (Å²) in [5.74, 6) is -0.111. The second-order valence-electron chi connectivity index (χ2n) is 5.22. The Morgan fingerprint density at radius 3 is 2.80 bits per heavy atom. The molecule has 4 nitrogen and oxygen atoms in total. The van der Waals surface area contributed by atoms with E-state index in [0.717, 1.165) is 30.4 Å². The van der Waals surface area contributed by atoms with E-state index >= 15 is 0 Å². The molecule has 5 heteroatoms. The average molecular weight is 339 g/mol. The number of benzene rings is 1. The van der Waals surface area contributed by atoms with Crippen LogP contribution in [0.3, 0.4) is 0 Å². The van der Waals surface area contributed by atoms with Crippen molar-refractivity contribution in [1.82, 2.24) is 4.90 Å². The molecule has 1 aliphatic heterocycles. The zero-order valence-electron chi connectivity index (χ0n) is 11.6. The quantitative estimate of drug-likeness (QED) is 0.920. The van der Waals surface area contributed by atoms with Crippen molar-refractivity contribution in [3.05, 3.63) is 33.8 Å². The van der Waals surface area contributed by atoms with Crippen LogP contribution >= 0.6 is 15.9 Å². The molecule has 0 radical (unpaired) electrons. The van der Waals surface area contributed by atoms with Crippen LogP contribution in [0.25, 0.3) is 0 Å². The second kappa shape index (κ2) is 6.39. The zero-order chi connectivity index (χ0) is 14.7. The fraction of sp³-hybridized carbons (Fsp3) is 0.467. The molecule has 0 saturated carbocycles. The first-order chi connectivity index (χ1) is 9.52. The van der Waals surface area contributed by atoms with Crippen LogP contribution in [0.15, 0.2) is 22.7 Å². The van der Waals surface area contributed by atoms with Gasteiger partial charge >= 0.3 is 0 Å². The van der Waals surface area contributed by atoms with Crippen molar-refractivity contribution in [2.75, 3.05) is 13.1 Å². The van der Waals surface area contributed by atoms with E-state index in [4.69, 9.17) is 5.73 Å². The monoisotopic (exact) mass is 338 g/mol. The van der Waals surface area contributed by atoms with E-state index in [9.17, 15) is 9.59 Å². The highest BCUT2D eigenvalue weighted by atomic mass is 79.9. The number of carbonyl (C=O) groups is 2. The van der Waals surface area contributed by atoms with Gasteiger partial charge in [0.1, 0.15) is 0 Å². The summed E-state index contributed by atoms with van der Waals surface area (Å²) in [6.45, 7) is 3.66. The maximum Gasteiger partial charge on any atom is 0.254 e. The summed E-state index contributed by atoms with van der Waals surface area (Å²) in [4.78, 5) is 26.0. The molecule has 1 saturated heterocycles. The highest BCUT2D eigenvalue weighted by molar-refractivity contribution is 9.10. The molecule has 2 amide bonds. The lowest BCUT2D eigenvalue weighted by atomic mass is 9.94. The van der Waals surface area contributed by atoms with Gasteiger partial charge in [0.15, 0.2) is 0 Å². The molecule has 0 spiro atoms. The molecule has 1 aromatic carbocycles. The molecule has 20 heavy (non-hydrogen) atoms. The van der Waals surface area contributed by atoms with E-state index < -0.39 is 5.91 Å². The van der Waals surface area contributed by atoms with Crippen LogP contribution in [-0.2, 0) is 0 Å². The Hall–Kier alpha value is -1.36. The minimum absolute atomic E-state index is 0.0988. The maximum atomic E-state index is 12.6. The number of amides is 2. The van der Waals surface area contributed by atoms with Gasteiger partial charge < -0.3 is 10.6 Å². The van der Waals surface area contributed by atoms with Gasteiger partial charge in [0.25, 0.3) is 5.91 Å². The fourth-order valence-electron chi connectivity index (χ4n) is 2.66. The Morgan fingerprint density at radius 2 is 2.15 bits per heavy atom. The minimum atomic E-state index is -0.565. The highest BCUT2D eigenvalue weighted by Gasteiger charge is 2.26. The molecule has 108 valence electrons. The van der Waals surface area contributed by atoms with Crippen LogP contribution in [0.2, 0.25) is 0 Å². The van der Waals surface area contributed by atoms with Crippen LogP contribution in [0.4, 0.5) is 0 Å². The van der Waals surface area contributed by atoms with Crippen molar-refractivity contribution in [2.24, 2.45) is 11.7 Å². The van der Waals surface area contributed by atoms with E-state index in [1.165, 1.54) is 6.42 Å². The fourth-order valence-corrected chi connectivity index (χ4v) is 3.02. The molecule has 0 aliphatic carbocycles. The number of hydrogen-bond acceptors (Lipinski definition) is 2. The third-order valence-corrected chi connectivity index (χ3v) is 4.35. The lowest BCUT2D eigenvalue weighted by Gasteiger charge is -2.32. The van der Waals surface area contributed by atoms with Gasteiger partial charge in [-0.05, 0) is 37.0 Å². The first-order valence-corrected chi connectivity index (χ1v) is 7.70. The van der Waals surface area contributed by atoms with Crippen molar-refractivity contribution in [1.29, 1.82) is 0 Å². The Balaban J connectivity index is 2.28. The standard InChI is InChI=1S/C15H19BrN2O2/c1-2-10-4-3-7-18(9-10)15(20)13-8-11(16)5-6-12(13)14(17)19/h5-6,8,10H,2-4,7,9H2,1H3,(H2,17,19). The zero-order valence-corrected chi connectivity index (χ0v) is 13.1. The normalized spacial score (nSPS) is 18.9. The van der Waals surface area contributed by atoms with Crippen molar-refractivity contribution in [2.45, 2.75) is 26.2 Å². The van der Waals surface area contributed by atoms with Crippen LogP contribution in [0.1, 0.15) is 46.9 Å². The summed E-state index contributed by atoms with van der Waals surface area (Å²) < 4.78 is 0.773. The van der Waals surface area contributed by atoms with Crippen LogP contribution in [-0.4, -0.2) is 29.8 Å². The molecule has 0 aromatic heterocycles. The summed E-state index contributed by atoms with van der Waals surface area (Å²) in [6.07, 6.45) is 3.26. The molecule has 0 bridgehead atoms. The van der Waals surface area contributed by atoms with E-state index in [0.29, 0.717) is 11.5 Å². The Bertz CT molecular complexity index is 531. The Morgan fingerprint density at radius 1 is 1.40 bits per heavy atom. The molecular formula is C15H19BrN2O2. The number of nitrogens with zero attached hydrogens (tertiary/aromatic N) is 1. The highest BCUT2D eigenvalue weighted by Crippen LogP contribution is 2.23. The van der Waals surface area contributed by atoms with Crippen molar-refractivity contribution in [3.63, 3.8) is 0 Å². The summed E-state index contributed by atoms with van der Waals surface area (Å²) in [7, 11) is 0. The molecule has 1 unspecified atom stereocenters. The summed E-state index contributed by atoms with van der Waals surface area (Å²) in [5.41, 5.74) is 6.04. The molecule has 1 aromatic rings. The van der Waals surface area contributed by atoms with Gasteiger partial charge in [-0.15, -0.1) is 0 Å². The average Bonchev–Trinajstić information content (AvgIpc) is 2.46. The first kappa shape index (κ1) is 15.0. The van der Waals surface area contributed by atoms with Gasteiger partial charge in [-0.1, -0.05) is 29.3 Å². The Labute approximate surface area is 127 Å². The van der Waals surface area contributed by atoms with E-state index in [2.05, 4.69) is 22.9 Å². The molecule has 1 atom stereocenters. The number of nitrogens with two attached hydrogens (primary N) is 1. The van der Waals surface area contributed by atoms with E-state index in [-0.39, 0.29) is 11.5 Å². The lowest BCUT2D eigenvalue weighted by molar-refractivity contribution is 0.0667. The number of halogens is 1. The van der Waals surface area contributed by atoms with Crippen LogP contribution < -0.4 is 5.73 Å². The topological polar surface area (TPSA) is 63.4 Å². The predicted octanol–water partition coefficient (Wildman–Crippen LogP) is 2.81.